The Hall–Kier alpha value is -1.65. The van der Waals surface area contributed by atoms with Crippen molar-refractivity contribution in [1.29, 1.82) is 0 Å². The molecule has 0 saturated carbocycles. The van der Waals surface area contributed by atoms with Gasteiger partial charge in [-0.15, -0.1) is 11.3 Å². The second-order valence-electron chi connectivity index (χ2n) is 9.37. The van der Waals surface area contributed by atoms with E-state index in [2.05, 4.69) is 9.62 Å². The van der Waals surface area contributed by atoms with Crippen molar-refractivity contribution in [3.8, 4) is 0 Å². The van der Waals surface area contributed by atoms with Gasteiger partial charge in [0, 0.05) is 51.2 Å². The van der Waals surface area contributed by atoms with Crippen molar-refractivity contribution < 1.29 is 18.0 Å². The van der Waals surface area contributed by atoms with Crippen LogP contribution in [0.25, 0.3) is 0 Å². The maximum absolute atomic E-state index is 13.2. The van der Waals surface area contributed by atoms with E-state index >= 15 is 0 Å². The van der Waals surface area contributed by atoms with Crippen molar-refractivity contribution in [1.82, 2.24) is 19.4 Å². The van der Waals surface area contributed by atoms with Gasteiger partial charge in [0.2, 0.25) is 15.9 Å². The lowest BCUT2D eigenvalue weighted by atomic mass is 9.76. The maximum atomic E-state index is 13.2. The number of carbonyl (C=O) groups is 2. The Balaban J connectivity index is 1.16. The average Bonchev–Trinajstić information content (AvgIpc) is 3.30. The Kier molecular flexibility index (Phi) is 5.72. The number of fused-ring (bicyclic) bond motifs is 4. The summed E-state index contributed by atoms with van der Waals surface area (Å²) < 4.78 is 28.0. The number of hydrogen-bond donors (Lipinski definition) is 1. The van der Waals surface area contributed by atoms with Gasteiger partial charge in [0.1, 0.15) is 4.21 Å². The van der Waals surface area contributed by atoms with Gasteiger partial charge in [0.15, 0.2) is 0 Å². The predicted octanol–water partition coefficient (Wildman–Crippen LogP) is 1.94. The van der Waals surface area contributed by atoms with Gasteiger partial charge in [-0.2, -0.15) is 0 Å². The summed E-state index contributed by atoms with van der Waals surface area (Å²) in [5.74, 6) is 1.05. The van der Waals surface area contributed by atoms with Crippen LogP contribution in [0.1, 0.15) is 38.5 Å². The standard InChI is InChI=1S/C21H30N4O4S2/c26-19-4-1-3-18-16-11-15(13-25(18)19)12-24(14-16)21(27)23-8-6-17(7-9-23)22-31(28,29)20-5-2-10-30-20/h2,5,10,15-18,22H,1,3-4,6-9,11-14H2/t15?,16?,18-/m1/s1. The predicted molar refractivity (Wildman–Crippen MR) is 117 cm³/mol. The molecular formula is C21H30N4O4S2. The number of amides is 3. The third-order valence-electron chi connectivity index (χ3n) is 7.30. The lowest BCUT2D eigenvalue weighted by Crippen LogP contribution is -2.62. The first-order valence-electron chi connectivity index (χ1n) is 11.3. The molecule has 4 saturated heterocycles. The second kappa shape index (κ2) is 8.37. The Labute approximate surface area is 187 Å². The summed E-state index contributed by atoms with van der Waals surface area (Å²) >= 11 is 1.21. The van der Waals surface area contributed by atoms with E-state index < -0.39 is 10.0 Å². The van der Waals surface area contributed by atoms with Crippen LogP contribution in [-0.2, 0) is 14.8 Å². The highest BCUT2D eigenvalue weighted by molar-refractivity contribution is 7.91. The van der Waals surface area contributed by atoms with Gasteiger partial charge in [0.25, 0.3) is 0 Å². The third kappa shape index (κ3) is 4.21. The number of nitrogens with zero attached hydrogens (tertiary/aromatic N) is 3. The van der Waals surface area contributed by atoms with Gasteiger partial charge in [-0.05, 0) is 55.4 Å². The van der Waals surface area contributed by atoms with Crippen LogP contribution < -0.4 is 4.72 Å². The first-order chi connectivity index (χ1) is 14.9. The molecule has 31 heavy (non-hydrogen) atoms. The van der Waals surface area contributed by atoms with Crippen LogP contribution in [0.15, 0.2) is 21.7 Å². The molecule has 0 aliphatic carbocycles. The molecule has 2 bridgehead atoms. The molecule has 5 heterocycles. The number of carbonyl (C=O) groups excluding carboxylic acids is 2. The van der Waals surface area contributed by atoms with Crippen LogP contribution in [0.5, 0.6) is 0 Å². The molecule has 1 aromatic heterocycles. The van der Waals surface area contributed by atoms with Gasteiger partial charge in [-0.1, -0.05) is 6.07 Å². The van der Waals surface area contributed by atoms with E-state index in [1.807, 2.05) is 9.80 Å². The number of piperidine rings is 4. The summed E-state index contributed by atoms with van der Waals surface area (Å²) in [6.07, 6.45) is 5.06. The Morgan fingerprint density at radius 1 is 1.10 bits per heavy atom. The number of sulfonamides is 1. The summed E-state index contributed by atoms with van der Waals surface area (Å²) in [5.41, 5.74) is 0. The van der Waals surface area contributed by atoms with Crippen LogP contribution in [0.2, 0.25) is 0 Å². The topological polar surface area (TPSA) is 90.0 Å². The molecule has 2 unspecified atom stereocenters. The lowest BCUT2D eigenvalue weighted by molar-refractivity contribution is -0.144. The molecule has 3 amide bonds. The van der Waals surface area contributed by atoms with Crippen molar-refractivity contribution in [3.63, 3.8) is 0 Å². The summed E-state index contributed by atoms with van der Waals surface area (Å²) in [6, 6.07) is 3.57. The summed E-state index contributed by atoms with van der Waals surface area (Å²) in [6.45, 7) is 3.37. The van der Waals surface area contributed by atoms with E-state index in [0.29, 0.717) is 54.4 Å². The quantitative estimate of drug-likeness (QED) is 0.737. The molecule has 4 aliphatic heterocycles. The summed E-state index contributed by atoms with van der Waals surface area (Å²) in [5, 5.41) is 1.76. The number of likely N-dealkylation sites (tertiary alicyclic amines) is 2. The normalized spacial score (nSPS) is 29.7. The van der Waals surface area contributed by atoms with Crippen molar-refractivity contribution in [2.24, 2.45) is 11.8 Å². The molecule has 10 heteroatoms. The van der Waals surface area contributed by atoms with Gasteiger partial charge in [-0.3, -0.25) is 4.79 Å². The zero-order valence-electron chi connectivity index (χ0n) is 17.6. The van der Waals surface area contributed by atoms with Crippen molar-refractivity contribution in [2.45, 2.75) is 54.8 Å². The van der Waals surface area contributed by atoms with Crippen LogP contribution >= 0.6 is 11.3 Å². The van der Waals surface area contributed by atoms with Crippen molar-refractivity contribution in [2.75, 3.05) is 32.7 Å². The molecule has 4 fully saturated rings. The minimum atomic E-state index is -3.48. The van der Waals surface area contributed by atoms with Crippen molar-refractivity contribution >= 4 is 33.3 Å². The third-order valence-corrected chi connectivity index (χ3v) is 10.2. The molecule has 0 radical (unpaired) electrons. The molecule has 0 spiro atoms. The monoisotopic (exact) mass is 466 g/mol. The van der Waals surface area contributed by atoms with E-state index in [9.17, 15) is 18.0 Å². The molecule has 170 valence electrons. The first kappa shape index (κ1) is 21.2. The largest absolute Gasteiger partial charge is 0.339 e. The molecule has 8 nitrogen and oxygen atoms in total. The van der Waals surface area contributed by atoms with Crippen LogP contribution in [0.4, 0.5) is 4.79 Å². The number of urea groups is 1. The lowest BCUT2D eigenvalue weighted by Gasteiger charge is -2.53. The SMILES string of the molecule is O=C(N1CCC(NS(=O)(=O)c2cccs2)CC1)N1CC2CC(C1)[C@H]1CCCC(=O)N1C2. The van der Waals surface area contributed by atoms with Gasteiger partial charge in [-0.25, -0.2) is 17.9 Å². The van der Waals surface area contributed by atoms with Crippen LogP contribution in [-0.4, -0.2) is 79.9 Å². The highest BCUT2D eigenvalue weighted by Crippen LogP contribution is 2.38. The van der Waals surface area contributed by atoms with Gasteiger partial charge >= 0.3 is 6.03 Å². The van der Waals surface area contributed by atoms with Gasteiger partial charge in [0.05, 0.1) is 0 Å². The molecular weight excluding hydrogens is 436 g/mol. The van der Waals surface area contributed by atoms with E-state index in [1.165, 1.54) is 11.3 Å². The maximum Gasteiger partial charge on any atom is 0.320 e. The zero-order chi connectivity index (χ0) is 21.6. The highest BCUT2D eigenvalue weighted by Gasteiger charge is 2.45. The van der Waals surface area contributed by atoms with Crippen LogP contribution in [0.3, 0.4) is 0 Å². The van der Waals surface area contributed by atoms with Crippen LogP contribution in [0, 0.1) is 11.8 Å². The smallest absolute Gasteiger partial charge is 0.320 e. The Bertz CT molecular complexity index is 927. The fraction of sp³-hybridized carbons (Fsp3) is 0.714. The van der Waals surface area contributed by atoms with Gasteiger partial charge < -0.3 is 14.7 Å². The molecule has 3 atom stereocenters. The fourth-order valence-electron chi connectivity index (χ4n) is 5.85. The fourth-order valence-corrected chi connectivity index (χ4v) is 8.16. The molecule has 5 rings (SSSR count). The number of thiophene rings is 1. The zero-order valence-corrected chi connectivity index (χ0v) is 19.2. The number of hydrogen-bond acceptors (Lipinski definition) is 5. The van der Waals surface area contributed by atoms with E-state index in [4.69, 9.17) is 0 Å². The molecule has 1 N–H and O–H groups in total. The second-order valence-corrected chi connectivity index (χ2v) is 12.3. The van der Waals surface area contributed by atoms with E-state index in [-0.39, 0.29) is 18.0 Å². The minimum Gasteiger partial charge on any atom is -0.339 e. The minimum absolute atomic E-state index is 0.0739. The Morgan fingerprint density at radius 2 is 1.90 bits per heavy atom. The molecule has 1 aromatic rings. The van der Waals surface area contributed by atoms with Crippen molar-refractivity contribution in [3.05, 3.63) is 17.5 Å². The van der Waals surface area contributed by atoms with E-state index in [1.54, 1.807) is 17.5 Å². The Morgan fingerprint density at radius 3 is 2.65 bits per heavy atom. The number of rotatable bonds is 3. The van der Waals surface area contributed by atoms with E-state index in [0.717, 1.165) is 38.9 Å². The number of nitrogens with one attached hydrogen (secondary N) is 1. The molecule has 0 aromatic carbocycles. The first-order valence-corrected chi connectivity index (χ1v) is 13.7. The summed E-state index contributed by atoms with van der Waals surface area (Å²) in [7, 11) is -3.48. The summed E-state index contributed by atoms with van der Waals surface area (Å²) in [4.78, 5) is 31.5. The molecule has 4 aliphatic rings. The average molecular weight is 467 g/mol. The highest BCUT2D eigenvalue weighted by atomic mass is 32.2.